The molecular formula is C53H32N4S. The van der Waals surface area contributed by atoms with Crippen molar-refractivity contribution < 1.29 is 0 Å². The second-order valence-electron chi connectivity index (χ2n) is 14.8. The van der Waals surface area contributed by atoms with Gasteiger partial charge >= 0.3 is 0 Å². The Bertz CT molecular complexity index is 3550. The van der Waals surface area contributed by atoms with Crippen LogP contribution in [0.1, 0.15) is 0 Å². The van der Waals surface area contributed by atoms with Gasteiger partial charge in [-0.15, -0.1) is 11.3 Å². The van der Waals surface area contributed by atoms with Crippen LogP contribution in [0.4, 0.5) is 0 Å². The normalized spacial score (nSPS) is 11.8. The van der Waals surface area contributed by atoms with Gasteiger partial charge in [0.1, 0.15) is 0 Å². The summed E-state index contributed by atoms with van der Waals surface area (Å²) >= 11 is 1.87. The molecule has 0 N–H and O–H groups in total. The van der Waals surface area contributed by atoms with Gasteiger partial charge in [-0.1, -0.05) is 176 Å². The molecule has 3 aromatic heterocycles. The number of benzene rings is 9. The molecule has 0 fully saturated rings. The summed E-state index contributed by atoms with van der Waals surface area (Å²) in [6.07, 6.45) is 0. The van der Waals surface area contributed by atoms with Crippen LogP contribution in [0.5, 0.6) is 0 Å². The summed E-state index contributed by atoms with van der Waals surface area (Å²) in [6, 6.07) is 69.1. The van der Waals surface area contributed by atoms with Crippen LogP contribution >= 0.6 is 11.3 Å². The molecular weight excluding hydrogens is 725 g/mol. The van der Waals surface area contributed by atoms with Gasteiger partial charge in [-0.3, -0.25) is 4.57 Å². The Morgan fingerprint density at radius 2 is 0.948 bits per heavy atom. The van der Waals surface area contributed by atoms with Gasteiger partial charge in [-0.25, -0.2) is 4.98 Å². The fourth-order valence-electron chi connectivity index (χ4n) is 8.71. The van der Waals surface area contributed by atoms with Gasteiger partial charge in [-0.2, -0.15) is 9.97 Å². The lowest BCUT2D eigenvalue weighted by Crippen LogP contribution is -2.07. The van der Waals surface area contributed by atoms with Crippen molar-refractivity contribution in [2.24, 2.45) is 0 Å². The van der Waals surface area contributed by atoms with E-state index in [1.54, 1.807) is 0 Å². The highest BCUT2D eigenvalue weighted by Crippen LogP contribution is 2.46. The lowest BCUT2D eigenvalue weighted by Gasteiger charge is -2.14. The van der Waals surface area contributed by atoms with Gasteiger partial charge < -0.3 is 0 Å². The second kappa shape index (κ2) is 13.1. The quantitative estimate of drug-likeness (QED) is 0.176. The fraction of sp³-hybridized carbons (Fsp3) is 0. The summed E-state index contributed by atoms with van der Waals surface area (Å²) in [6.45, 7) is 0. The highest BCUT2D eigenvalue weighted by atomic mass is 32.1. The van der Waals surface area contributed by atoms with Gasteiger partial charge in [-0.05, 0) is 50.9 Å². The van der Waals surface area contributed by atoms with Crippen LogP contribution in [-0.4, -0.2) is 19.5 Å². The first-order valence-corrected chi connectivity index (χ1v) is 20.3. The lowest BCUT2D eigenvalue weighted by atomic mass is 9.98. The first kappa shape index (κ1) is 32.7. The van der Waals surface area contributed by atoms with Gasteiger partial charge in [0.05, 0.1) is 11.0 Å². The van der Waals surface area contributed by atoms with Crippen LogP contribution in [-0.2, 0) is 0 Å². The molecule has 0 radical (unpaired) electrons. The number of thiophene rings is 1. The maximum atomic E-state index is 5.36. The molecule has 3 heterocycles. The molecule has 0 spiro atoms. The number of aromatic nitrogens is 4. The maximum Gasteiger partial charge on any atom is 0.238 e. The van der Waals surface area contributed by atoms with E-state index in [2.05, 4.69) is 174 Å². The summed E-state index contributed by atoms with van der Waals surface area (Å²) in [7, 11) is 0. The first-order chi connectivity index (χ1) is 28.7. The lowest BCUT2D eigenvalue weighted by molar-refractivity contribution is 0.954. The predicted octanol–water partition coefficient (Wildman–Crippen LogP) is 14.3. The minimum Gasteiger partial charge on any atom is -0.277 e. The number of para-hydroxylation sites is 1. The van der Waals surface area contributed by atoms with Crippen molar-refractivity contribution in [3.8, 4) is 51.0 Å². The molecule has 0 amide bonds. The van der Waals surface area contributed by atoms with E-state index in [1.165, 1.54) is 47.5 Å². The summed E-state index contributed by atoms with van der Waals surface area (Å²) in [5, 5.41) is 9.78. The first-order valence-electron chi connectivity index (χ1n) is 19.5. The van der Waals surface area contributed by atoms with Crippen LogP contribution in [0.2, 0.25) is 0 Å². The van der Waals surface area contributed by atoms with Crippen molar-refractivity contribution in [1.29, 1.82) is 0 Å². The molecule has 0 aliphatic heterocycles. The molecule has 9 aromatic carbocycles. The molecule has 5 heteroatoms. The molecule has 0 aliphatic carbocycles. The second-order valence-corrected chi connectivity index (χ2v) is 15.8. The molecule has 270 valence electrons. The van der Waals surface area contributed by atoms with E-state index in [1.807, 2.05) is 35.6 Å². The zero-order chi connectivity index (χ0) is 38.2. The standard InChI is InChI=1S/C53H32N4S/c1-3-13-33(14-4-1)34-25-27-37(28-26-34)52-54-51(36-16-5-2-6-17-36)55-53(56-52)57-46-32-39-19-8-7-18-38(39)31-45(46)42-22-11-21-41(49(42)57)43-23-12-24-44-48-40-20-10-9-15-35(40)29-30-47(48)58-50(43)44/h1-32H. The highest BCUT2D eigenvalue weighted by molar-refractivity contribution is 7.26. The molecule has 12 rings (SSSR count). The molecule has 12 aromatic rings. The summed E-state index contributed by atoms with van der Waals surface area (Å²) in [4.78, 5) is 15.8. The summed E-state index contributed by atoms with van der Waals surface area (Å²) < 4.78 is 4.83. The minimum atomic E-state index is 0.577. The van der Waals surface area contributed by atoms with Crippen molar-refractivity contribution in [2.45, 2.75) is 0 Å². The molecule has 0 aliphatic rings. The molecule has 0 saturated carbocycles. The third-order valence-electron chi connectivity index (χ3n) is 11.4. The summed E-state index contributed by atoms with van der Waals surface area (Å²) in [5.41, 5.74) is 8.61. The largest absolute Gasteiger partial charge is 0.277 e. The molecule has 0 saturated heterocycles. The zero-order valence-electron chi connectivity index (χ0n) is 31.2. The van der Waals surface area contributed by atoms with Gasteiger partial charge in [0.2, 0.25) is 5.95 Å². The van der Waals surface area contributed by atoms with E-state index in [-0.39, 0.29) is 0 Å². The average molecular weight is 757 g/mol. The molecule has 0 atom stereocenters. The van der Waals surface area contributed by atoms with E-state index in [4.69, 9.17) is 15.0 Å². The van der Waals surface area contributed by atoms with Crippen LogP contribution in [0.15, 0.2) is 194 Å². The number of rotatable bonds is 5. The minimum absolute atomic E-state index is 0.577. The van der Waals surface area contributed by atoms with E-state index < -0.39 is 0 Å². The van der Waals surface area contributed by atoms with Crippen molar-refractivity contribution >= 4 is 74.9 Å². The van der Waals surface area contributed by atoms with E-state index in [9.17, 15) is 0 Å². The third kappa shape index (κ3) is 5.18. The number of fused-ring (bicyclic) bond motifs is 9. The van der Waals surface area contributed by atoms with Crippen molar-refractivity contribution in [2.75, 3.05) is 0 Å². The maximum absolute atomic E-state index is 5.36. The third-order valence-corrected chi connectivity index (χ3v) is 12.6. The Hall–Kier alpha value is -7.47. The van der Waals surface area contributed by atoms with Crippen molar-refractivity contribution in [3.05, 3.63) is 194 Å². The number of nitrogens with zero attached hydrogens (tertiary/aromatic N) is 4. The van der Waals surface area contributed by atoms with Gasteiger partial charge in [0.15, 0.2) is 11.6 Å². The van der Waals surface area contributed by atoms with E-state index >= 15 is 0 Å². The number of hydrogen-bond donors (Lipinski definition) is 0. The average Bonchev–Trinajstić information content (AvgIpc) is 3.85. The Balaban J connectivity index is 1.16. The summed E-state index contributed by atoms with van der Waals surface area (Å²) in [5.74, 6) is 1.82. The van der Waals surface area contributed by atoms with Crippen LogP contribution < -0.4 is 0 Å². The SMILES string of the molecule is c1ccc(-c2ccc(-c3nc(-c4ccccc4)nc(-n4c5cc6ccccc6cc5c5cccc(-c6cccc7c6sc6ccc8ccccc8c67)c54)n3)cc2)cc1. The van der Waals surface area contributed by atoms with Gasteiger partial charge in [0, 0.05) is 53.2 Å². The molecule has 0 bridgehead atoms. The Morgan fingerprint density at radius 3 is 1.71 bits per heavy atom. The Labute approximate surface area is 338 Å². The molecule has 0 unspecified atom stereocenters. The monoisotopic (exact) mass is 756 g/mol. The topological polar surface area (TPSA) is 43.6 Å². The highest BCUT2D eigenvalue weighted by Gasteiger charge is 2.23. The molecule has 4 nitrogen and oxygen atoms in total. The zero-order valence-corrected chi connectivity index (χ0v) is 32.0. The number of hydrogen-bond acceptors (Lipinski definition) is 4. The Kier molecular flexibility index (Phi) is 7.37. The van der Waals surface area contributed by atoms with E-state index in [0.29, 0.717) is 17.6 Å². The van der Waals surface area contributed by atoms with Crippen LogP contribution in [0, 0.1) is 0 Å². The van der Waals surface area contributed by atoms with Crippen LogP contribution in [0.25, 0.3) is 115 Å². The molecule has 58 heavy (non-hydrogen) atoms. The smallest absolute Gasteiger partial charge is 0.238 e. The van der Waals surface area contributed by atoms with Crippen LogP contribution in [0.3, 0.4) is 0 Å². The van der Waals surface area contributed by atoms with E-state index in [0.717, 1.165) is 49.4 Å². The predicted molar refractivity (Wildman–Crippen MR) is 244 cm³/mol. The van der Waals surface area contributed by atoms with Gasteiger partial charge in [0.25, 0.3) is 0 Å². The fourth-order valence-corrected chi connectivity index (χ4v) is 9.96. The van der Waals surface area contributed by atoms with Crippen molar-refractivity contribution in [1.82, 2.24) is 19.5 Å². The Morgan fingerprint density at radius 1 is 0.379 bits per heavy atom. The van der Waals surface area contributed by atoms with Crippen molar-refractivity contribution in [3.63, 3.8) is 0 Å².